The van der Waals surface area contributed by atoms with Crippen LogP contribution >= 0.6 is 0 Å². The molecule has 2 rings (SSSR count). The van der Waals surface area contributed by atoms with Crippen molar-refractivity contribution < 1.29 is 4.74 Å². The van der Waals surface area contributed by atoms with Gasteiger partial charge in [-0.2, -0.15) is 4.98 Å². The van der Waals surface area contributed by atoms with Gasteiger partial charge in [-0.05, 0) is 6.92 Å². The van der Waals surface area contributed by atoms with Gasteiger partial charge in [0.15, 0.2) is 12.4 Å². The highest BCUT2D eigenvalue weighted by molar-refractivity contribution is 5.53. The van der Waals surface area contributed by atoms with Crippen molar-refractivity contribution in [3.05, 3.63) is 16.2 Å². The van der Waals surface area contributed by atoms with E-state index < -0.39 is 0 Å². The first kappa shape index (κ1) is 6.21. The highest BCUT2D eigenvalue weighted by atomic mass is 16.5. The van der Waals surface area contributed by atoms with E-state index >= 15 is 0 Å². The molecule has 0 amide bonds. The number of ether oxygens (including phenoxy) is 1. The van der Waals surface area contributed by atoms with Crippen LogP contribution in [-0.2, 0) is 0 Å². The zero-order chi connectivity index (χ0) is 7.84. The molecule has 58 valence electrons. The van der Waals surface area contributed by atoms with Crippen molar-refractivity contribution in [3.8, 4) is 5.88 Å². The Bertz CT molecular complexity index is 344. The van der Waals surface area contributed by atoms with E-state index in [0.717, 1.165) is 0 Å². The number of fused-ring (bicyclic) bond motifs is 1. The predicted molar refractivity (Wildman–Crippen MR) is 38.7 cm³/mol. The first-order valence-corrected chi connectivity index (χ1v) is 3.25. The molecule has 0 fully saturated rings. The molecule has 0 unspecified atom stereocenters. The lowest BCUT2D eigenvalue weighted by Gasteiger charge is -1.95. The maximum Gasteiger partial charge on any atom is 0.278 e. The molecule has 0 aliphatic carbocycles. The Morgan fingerprint density at radius 1 is 1.64 bits per heavy atom. The van der Waals surface area contributed by atoms with Gasteiger partial charge in [0.2, 0.25) is 5.88 Å². The molecule has 5 nitrogen and oxygen atoms in total. The van der Waals surface area contributed by atoms with Crippen LogP contribution in [0.4, 0.5) is 5.69 Å². The van der Waals surface area contributed by atoms with Crippen LogP contribution in [0.3, 0.4) is 0 Å². The summed E-state index contributed by atoms with van der Waals surface area (Å²) in [6, 6.07) is 0. The molecule has 0 radical (unpaired) electrons. The minimum Gasteiger partial charge on any atom is -0.455 e. The number of rotatable bonds is 0. The molecule has 0 spiro atoms. The number of H-pyrrole nitrogens is 1. The topological polar surface area (TPSA) is 67.0 Å². The smallest absolute Gasteiger partial charge is 0.278 e. The van der Waals surface area contributed by atoms with Crippen LogP contribution < -0.4 is 15.6 Å². The monoisotopic (exact) mass is 153 g/mol. The molecule has 5 heteroatoms. The van der Waals surface area contributed by atoms with Crippen LogP contribution in [0, 0.1) is 6.92 Å². The Morgan fingerprint density at radius 3 is 3.27 bits per heavy atom. The highest BCUT2D eigenvalue weighted by Gasteiger charge is 2.16. The summed E-state index contributed by atoms with van der Waals surface area (Å²) in [7, 11) is 0. The molecular formula is C6H7N3O2. The van der Waals surface area contributed by atoms with Crippen molar-refractivity contribution in [1.29, 1.82) is 0 Å². The summed E-state index contributed by atoms with van der Waals surface area (Å²) in [4.78, 5) is 17.6. The van der Waals surface area contributed by atoms with E-state index in [1.54, 1.807) is 6.92 Å². The maximum atomic E-state index is 11.1. The van der Waals surface area contributed by atoms with Crippen LogP contribution in [0.2, 0.25) is 0 Å². The Balaban J connectivity index is 2.70. The average Bonchev–Trinajstić information content (AvgIpc) is 2.34. The lowest BCUT2D eigenvalue weighted by atomic mass is 10.5. The molecule has 1 aromatic heterocycles. The molecule has 0 saturated carbocycles. The van der Waals surface area contributed by atoms with Crippen LogP contribution in [0.25, 0.3) is 0 Å². The Labute approximate surface area is 62.4 Å². The molecule has 0 aromatic carbocycles. The van der Waals surface area contributed by atoms with Crippen molar-refractivity contribution in [3.63, 3.8) is 0 Å². The van der Waals surface area contributed by atoms with E-state index in [-0.39, 0.29) is 5.56 Å². The van der Waals surface area contributed by atoms with E-state index in [0.29, 0.717) is 24.1 Å². The largest absolute Gasteiger partial charge is 0.455 e. The van der Waals surface area contributed by atoms with Crippen molar-refractivity contribution in [1.82, 2.24) is 9.97 Å². The number of nitrogens with one attached hydrogen (secondary N) is 2. The quantitative estimate of drug-likeness (QED) is 0.543. The van der Waals surface area contributed by atoms with E-state index in [1.807, 2.05) is 0 Å². The second-order valence-electron chi connectivity index (χ2n) is 2.30. The number of nitrogens with zero attached hydrogens (tertiary/aromatic N) is 1. The van der Waals surface area contributed by atoms with E-state index in [4.69, 9.17) is 4.74 Å². The fraction of sp³-hybridized carbons (Fsp3) is 0.333. The lowest BCUT2D eigenvalue weighted by Crippen LogP contribution is -2.11. The van der Waals surface area contributed by atoms with Gasteiger partial charge in [0.05, 0.1) is 0 Å². The van der Waals surface area contributed by atoms with Gasteiger partial charge in [0.25, 0.3) is 5.56 Å². The van der Waals surface area contributed by atoms with Gasteiger partial charge < -0.3 is 15.0 Å². The molecule has 0 atom stereocenters. The van der Waals surface area contributed by atoms with Gasteiger partial charge in [0.1, 0.15) is 5.82 Å². The highest BCUT2D eigenvalue weighted by Crippen LogP contribution is 2.20. The molecule has 0 saturated heterocycles. The number of aromatic amines is 1. The minimum absolute atomic E-state index is 0.176. The van der Waals surface area contributed by atoms with E-state index in [1.165, 1.54) is 0 Å². The summed E-state index contributed by atoms with van der Waals surface area (Å²) >= 11 is 0. The van der Waals surface area contributed by atoms with Crippen molar-refractivity contribution >= 4 is 5.69 Å². The molecule has 11 heavy (non-hydrogen) atoms. The molecule has 2 heterocycles. The third kappa shape index (κ3) is 0.849. The summed E-state index contributed by atoms with van der Waals surface area (Å²) in [5.41, 5.74) is 0.251. The molecule has 0 bridgehead atoms. The molecular weight excluding hydrogens is 146 g/mol. The second kappa shape index (κ2) is 1.98. The Hall–Kier alpha value is -1.52. The van der Waals surface area contributed by atoms with Crippen molar-refractivity contribution in [2.24, 2.45) is 0 Å². The van der Waals surface area contributed by atoms with Crippen LogP contribution in [-0.4, -0.2) is 16.7 Å². The van der Waals surface area contributed by atoms with E-state index in [2.05, 4.69) is 15.3 Å². The fourth-order valence-electron chi connectivity index (χ4n) is 0.997. The van der Waals surface area contributed by atoms with Crippen molar-refractivity contribution in [2.45, 2.75) is 6.92 Å². The second-order valence-corrected chi connectivity index (χ2v) is 2.30. The van der Waals surface area contributed by atoms with Crippen LogP contribution in [0.1, 0.15) is 5.82 Å². The van der Waals surface area contributed by atoms with Crippen molar-refractivity contribution in [2.75, 3.05) is 12.0 Å². The zero-order valence-electron chi connectivity index (χ0n) is 5.97. The third-order valence-electron chi connectivity index (χ3n) is 1.46. The third-order valence-corrected chi connectivity index (χ3v) is 1.46. The number of aryl methyl sites for hydroxylation is 1. The Morgan fingerprint density at radius 2 is 2.45 bits per heavy atom. The molecule has 1 aliphatic rings. The number of hydrogen-bond donors (Lipinski definition) is 2. The van der Waals surface area contributed by atoms with Gasteiger partial charge in [0, 0.05) is 0 Å². The fourth-order valence-corrected chi connectivity index (χ4v) is 0.997. The Kier molecular flexibility index (Phi) is 1.12. The summed E-state index contributed by atoms with van der Waals surface area (Å²) in [6.45, 7) is 2.04. The van der Waals surface area contributed by atoms with Gasteiger partial charge in [-0.25, -0.2) is 0 Å². The van der Waals surface area contributed by atoms with E-state index in [9.17, 15) is 4.79 Å². The summed E-state index contributed by atoms with van der Waals surface area (Å²) in [5, 5.41) is 2.77. The SMILES string of the molecule is Cc1nc2c(c(=O)[nH]1)NCO2. The number of hydrogen-bond acceptors (Lipinski definition) is 4. The zero-order valence-corrected chi connectivity index (χ0v) is 5.97. The summed E-state index contributed by atoms with van der Waals surface area (Å²) < 4.78 is 5.02. The molecule has 1 aliphatic heterocycles. The van der Waals surface area contributed by atoms with Gasteiger partial charge in [-0.1, -0.05) is 0 Å². The molecule has 1 aromatic rings. The first-order chi connectivity index (χ1) is 5.27. The minimum atomic E-state index is -0.176. The summed E-state index contributed by atoms with van der Waals surface area (Å²) in [6.07, 6.45) is 0. The predicted octanol–water partition coefficient (Wildman–Crippen LogP) is -0.160. The van der Waals surface area contributed by atoms with Gasteiger partial charge in [-0.15, -0.1) is 0 Å². The number of anilines is 1. The maximum absolute atomic E-state index is 11.1. The lowest BCUT2D eigenvalue weighted by molar-refractivity contribution is 0.358. The average molecular weight is 153 g/mol. The number of aromatic nitrogens is 2. The summed E-state index contributed by atoms with van der Waals surface area (Å²) in [5.74, 6) is 0.962. The van der Waals surface area contributed by atoms with Crippen LogP contribution in [0.15, 0.2) is 4.79 Å². The standard InChI is InChI=1S/C6H7N3O2/c1-3-8-5(10)4-6(9-3)11-2-7-4/h7H,2H2,1H3,(H,8,9,10). The first-order valence-electron chi connectivity index (χ1n) is 3.25. The normalized spacial score (nSPS) is 13.5. The van der Waals surface area contributed by atoms with Gasteiger partial charge in [-0.3, -0.25) is 4.79 Å². The molecule has 2 N–H and O–H groups in total. The van der Waals surface area contributed by atoms with Gasteiger partial charge >= 0.3 is 0 Å². The van der Waals surface area contributed by atoms with Crippen LogP contribution in [0.5, 0.6) is 5.88 Å².